The van der Waals surface area contributed by atoms with E-state index in [0.717, 1.165) is 27.6 Å². The summed E-state index contributed by atoms with van der Waals surface area (Å²) in [6.07, 6.45) is 0. The predicted molar refractivity (Wildman–Crippen MR) is 91.4 cm³/mol. The van der Waals surface area contributed by atoms with E-state index in [1.807, 2.05) is 49.4 Å². The van der Waals surface area contributed by atoms with Gasteiger partial charge in [0, 0.05) is 5.92 Å². The van der Waals surface area contributed by atoms with E-state index in [1.54, 1.807) is 19.2 Å². The fourth-order valence-electron chi connectivity index (χ4n) is 3.03. The molecule has 0 aliphatic carbocycles. The van der Waals surface area contributed by atoms with E-state index >= 15 is 0 Å². The number of fused-ring (bicyclic) bond motifs is 1. The Balaban J connectivity index is 2.15. The zero-order chi connectivity index (χ0) is 16.4. The largest absolute Gasteiger partial charge is 0.497 e. The van der Waals surface area contributed by atoms with Crippen LogP contribution in [0.1, 0.15) is 34.3 Å². The molecule has 3 heteroatoms. The molecule has 0 aromatic heterocycles. The molecule has 0 radical (unpaired) electrons. The van der Waals surface area contributed by atoms with Crippen LogP contribution < -0.4 is 4.74 Å². The summed E-state index contributed by atoms with van der Waals surface area (Å²) in [5.74, 6) is -0.0954. The minimum Gasteiger partial charge on any atom is -0.497 e. The van der Waals surface area contributed by atoms with E-state index in [0.29, 0.717) is 5.56 Å². The van der Waals surface area contributed by atoms with Crippen molar-refractivity contribution in [3.05, 3.63) is 77.4 Å². The number of methoxy groups -OCH3 is 1. The molecule has 0 aliphatic rings. The summed E-state index contributed by atoms with van der Waals surface area (Å²) in [5, 5.41) is 11.6. The van der Waals surface area contributed by atoms with Gasteiger partial charge in [-0.3, -0.25) is 0 Å². The summed E-state index contributed by atoms with van der Waals surface area (Å²) >= 11 is 0. The summed E-state index contributed by atoms with van der Waals surface area (Å²) in [4.78, 5) is 11.5. The molecule has 3 aromatic carbocycles. The van der Waals surface area contributed by atoms with Crippen LogP contribution in [0.4, 0.5) is 0 Å². The molecule has 0 saturated heterocycles. The molecular weight excluding hydrogens is 288 g/mol. The monoisotopic (exact) mass is 306 g/mol. The minimum atomic E-state index is -0.894. The number of carboxylic acid groups (broad SMARTS) is 1. The quantitative estimate of drug-likeness (QED) is 0.760. The first-order valence-corrected chi connectivity index (χ1v) is 7.50. The van der Waals surface area contributed by atoms with Crippen LogP contribution in [0, 0.1) is 0 Å². The number of ether oxygens (including phenoxy) is 1. The maximum Gasteiger partial charge on any atom is 0.335 e. The molecule has 0 spiro atoms. The number of hydrogen-bond donors (Lipinski definition) is 1. The van der Waals surface area contributed by atoms with Crippen molar-refractivity contribution in [2.45, 2.75) is 12.8 Å². The summed E-state index contributed by atoms with van der Waals surface area (Å²) < 4.78 is 5.28. The Morgan fingerprint density at radius 1 is 1.00 bits per heavy atom. The Labute approximate surface area is 135 Å². The summed E-state index contributed by atoms with van der Waals surface area (Å²) in [6.45, 7) is 2.04. The van der Waals surface area contributed by atoms with Crippen molar-refractivity contribution in [1.29, 1.82) is 0 Å². The van der Waals surface area contributed by atoms with E-state index in [4.69, 9.17) is 4.74 Å². The molecule has 0 aliphatic heterocycles. The van der Waals surface area contributed by atoms with Crippen LogP contribution in [0.3, 0.4) is 0 Å². The maximum atomic E-state index is 11.5. The van der Waals surface area contributed by atoms with Crippen molar-refractivity contribution in [3.63, 3.8) is 0 Å². The van der Waals surface area contributed by atoms with E-state index in [2.05, 4.69) is 6.07 Å². The molecule has 1 N–H and O–H groups in total. The fourth-order valence-corrected chi connectivity index (χ4v) is 3.03. The average molecular weight is 306 g/mol. The lowest BCUT2D eigenvalue weighted by Gasteiger charge is -2.17. The van der Waals surface area contributed by atoms with Crippen molar-refractivity contribution in [1.82, 2.24) is 0 Å². The second-order valence-corrected chi connectivity index (χ2v) is 5.55. The van der Waals surface area contributed by atoms with Crippen LogP contribution in [-0.4, -0.2) is 18.2 Å². The van der Waals surface area contributed by atoms with E-state index in [9.17, 15) is 9.90 Å². The Kier molecular flexibility index (Phi) is 4.02. The highest BCUT2D eigenvalue weighted by atomic mass is 16.5. The molecular formula is C20H18O3. The summed E-state index contributed by atoms with van der Waals surface area (Å²) in [5.41, 5.74) is 2.28. The Bertz CT molecular complexity index is 868. The third-order valence-electron chi connectivity index (χ3n) is 4.25. The van der Waals surface area contributed by atoms with Gasteiger partial charge in [-0.1, -0.05) is 49.4 Å². The van der Waals surface area contributed by atoms with Gasteiger partial charge in [0.2, 0.25) is 0 Å². The topological polar surface area (TPSA) is 46.5 Å². The van der Waals surface area contributed by atoms with E-state index in [-0.39, 0.29) is 5.92 Å². The fraction of sp³-hybridized carbons (Fsp3) is 0.150. The lowest BCUT2D eigenvalue weighted by molar-refractivity contribution is 0.0695. The molecule has 0 bridgehead atoms. The SMILES string of the molecule is COc1ccc2c([C@H](C)c3ccccc3C(=O)O)cccc2c1. The van der Waals surface area contributed by atoms with Crippen LogP contribution in [-0.2, 0) is 0 Å². The highest BCUT2D eigenvalue weighted by Gasteiger charge is 2.18. The van der Waals surface area contributed by atoms with Gasteiger partial charge in [0.1, 0.15) is 5.75 Å². The first-order chi connectivity index (χ1) is 11.1. The molecule has 1 atom stereocenters. The summed E-state index contributed by atoms with van der Waals surface area (Å²) in [6, 6.07) is 19.2. The van der Waals surface area contributed by atoms with Crippen LogP contribution in [0.5, 0.6) is 5.75 Å². The number of benzene rings is 3. The first-order valence-electron chi connectivity index (χ1n) is 7.50. The molecule has 3 aromatic rings. The van der Waals surface area contributed by atoms with Crippen LogP contribution >= 0.6 is 0 Å². The minimum absolute atomic E-state index is 0.0144. The van der Waals surface area contributed by atoms with Gasteiger partial charge in [0.15, 0.2) is 0 Å². The first kappa shape index (κ1) is 15.1. The van der Waals surface area contributed by atoms with E-state index in [1.165, 1.54) is 0 Å². The molecule has 0 fully saturated rings. The Morgan fingerprint density at radius 3 is 2.48 bits per heavy atom. The molecule has 0 unspecified atom stereocenters. The molecule has 3 nitrogen and oxygen atoms in total. The normalized spacial score (nSPS) is 12.1. The van der Waals surface area contributed by atoms with Gasteiger partial charge in [-0.2, -0.15) is 0 Å². The summed E-state index contributed by atoms with van der Waals surface area (Å²) in [7, 11) is 1.65. The van der Waals surface area contributed by atoms with Crippen LogP contribution in [0.15, 0.2) is 60.7 Å². The third-order valence-corrected chi connectivity index (χ3v) is 4.25. The second-order valence-electron chi connectivity index (χ2n) is 5.55. The zero-order valence-corrected chi connectivity index (χ0v) is 13.1. The standard InChI is InChI=1S/C20H18O3/c1-13(17-7-3-4-8-19(17)20(21)22)16-9-5-6-14-12-15(23-2)10-11-18(14)16/h3-13H,1-2H3,(H,21,22)/t13-/m0/s1. The highest BCUT2D eigenvalue weighted by molar-refractivity contribution is 5.91. The third kappa shape index (κ3) is 2.78. The highest BCUT2D eigenvalue weighted by Crippen LogP contribution is 2.33. The molecule has 0 saturated carbocycles. The van der Waals surface area contributed by atoms with Gasteiger partial charge in [-0.05, 0) is 40.1 Å². The smallest absolute Gasteiger partial charge is 0.335 e. The number of carbonyl (C=O) groups is 1. The molecule has 0 heterocycles. The van der Waals surface area contributed by atoms with Gasteiger partial charge < -0.3 is 9.84 Å². The average Bonchev–Trinajstić information content (AvgIpc) is 2.60. The van der Waals surface area contributed by atoms with Crippen molar-refractivity contribution in [3.8, 4) is 5.75 Å². The van der Waals surface area contributed by atoms with Crippen LogP contribution in [0.2, 0.25) is 0 Å². The molecule has 3 rings (SSSR count). The van der Waals surface area contributed by atoms with Gasteiger partial charge in [-0.15, -0.1) is 0 Å². The number of rotatable bonds is 4. The molecule has 23 heavy (non-hydrogen) atoms. The Morgan fingerprint density at radius 2 is 1.74 bits per heavy atom. The molecule has 0 amide bonds. The van der Waals surface area contributed by atoms with Crippen molar-refractivity contribution in [2.24, 2.45) is 0 Å². The number of aromatic carboxylic acids is 1. The predicted octanol–water partition coefficient (Wildman–Crippen LogP) is 4.70. The van der Waals surface area contributed by atoms with Crippen molar-refractivity contribution >= 4 is 16.7 Å². The van der Waals surface area contributed by atoms with Crippen molar-refractivity contribution in [2.75, 3.05) is 7.11 Å². The van der Waals surface area contributed by atoms with E-state index < -0.39 is 5.97 Å². The molecule has 116 valence electrons. The van der Waals surface area contributed by atoms with Gasteiger partial charge >= 0.3 is 5.97 Å². The van der Waals surface area contributed by atoms with Crippen LogP contribution in [0.25, 0.3) is 10.8 Å². The number of hydrogen-bond acceptors (Lipinski definition) is 2. The van der Waals surface area contributed by atoms with Gasteiger partial charge in [-0.25, -0.2) is 4.79 Å². The zero-order valence-electron chi connectivity index (χ0n) is 13.1. The maximum absolute atomic E-state index is 11.5. The second kappa shape index (κ2) is 6.13. The van der Waals surface area contributed by atoms with Gasteiger partial charge in [0.05, 0.1) is 12.7 Å². The lowest BCUT2D eigenvalue weighted by Crippen LogP contribution is -2.06. The number of carboxylic acids is 1. The van der Waals surface area contributed by atoms with Gasteiger partial charge in [0.25, 0.3) is 0 Å². The van der Waals surface area contributed by atoms with Crippen molar-refractivity contribution < 1.29 is 14.6 Å². The lowest BCUT2D eigenvalue weighted by atomic mass is 9.87. The Hall–Kier alpha value is -2.81.